The van der Waals surface area contributed by atoms with Crippen molar-refractivity contribution in [2.24, 2.45) is 0 Å². The molecule has 7 heteroatoms. The van der Waals surface area contributed by atoms with E-state index in [-0.39, 0.29) is 17.4 Å². The lowest BCUT2D eigenvalue weighted by atomic mass is 10.1. The van der Waals surface area contributed by atoms with Crippen LogP contribution in [0.15, 0.2) is 34.2 Å². The second-order valence-electron chi connectivity index (χ2n) is 6.01. The predicted molar refractivity (Wildman–Crippen MR) is 101 cm³/mol. The first-order valence-electron chi connectivity index (χ1n) is 8.76. The molecule has 2 heterocycles. The fourth-order valence-electron chi connectivity index (χ4n) is 3.08. The van der Waals surface area contributed by atoms with Gasteiger partial charge in [-0.2, -0.15) is 0 Å². The topological polar surface area (TPSA) is 83.1 Å². The molecule has 1 aliphatic heterocycles. The summed E-state index contributed by atoms with van der Waals surface area (Å²) in [6, 6.07) is 6.88. The molecular weight excluding hydrogens is 350 g/mol. The smallest absolute Gasteiger partial charge is 0.261 e. The third-order valence-electron chi connectivity index (χ3n) is 4.41. The van der Waals surface area contributed by atoms with Gasteiger partial charge in [0.2, 0.25) is 0 Å². The van der Waals surface area contributed by atoms with Crippen molar-refractivity contribution >= 4 is 23.6 Å². The van der Waals surface area contributed by atoms with Crippen molar-refractivity contribution in [1.29, 1.82) is 0 Å². The number of aromatic nitrogens is 2. The van der Waals surface area contributed by atoms with E-state index in [4.69, 9.17) is 0 Å². The van der Waals surface area contributed by atoms with E-state index in [2.05, 4.69) is 9.97 Å². The molecule has 2 amide bonds. The van der Waals surface area contributed by atoms with E-state index in [1.54, 1.807) is 24.3 Å². The molecule has 0 spiro atoms. The Hall–Kier alpha value is -2.41. The number of amides is 2. The van der Waals surface area contributed by atoms with Gasteiger partial charge in [0.1, 0.15) is 0 Å². The Kier molecular flexibility index (Phi) is 5.56. The first-order chi connectivity index (χ1) is 12.6. The highest BCUT2D eigenvalue weighted by Gasteiger charge is 2.34. The van der Waals surface area contributed by atoms with Crippen LogP contribution in [0, 0.1) is 0 Å². The van der Waals surface area contributed by atoms with Crippen molar-refractivity contribution < 1.29 is 9.59 Å². The summed E-state index contributed by atoms with van der Waals surface area (Å²) < 4.78 is 0. The van der Waals surface area contributed by atoms with Crippen molar-refractivity contribution in [1.82, 2.24) is 14.9 Å². The molecule has 0 unspecified atom stereocenters. The lowest BCUT2D eigenvalue weighted by Gasteiger charge is -2.13. The van der Waals surface area contributed by atoms with Crippen molar-refractivity contribution in [2.75, 3.05) is 12.3 Å². The number of benzene rings is 1. The van der Waals surface area contributed by atoms with Gasteiger partial charge in [0.05, 0.1) is 16.8 Å². The number of aryl methyl sites for hydroxylation is 1. The SMILES string of the molecule is CCc1nc(SCCCN2C(=O)c3ccccc3C2=O)[nH]c(=O)c1CC. The van der Waals surface area contributed by atoms with Crippen molar-refractivity contribution in [2.45, 2.75) is 38.3 Å². The minimum absolute atomic E-state index is 0.0813. The molecule has 6 nitrogen and oxygen atoms in total. The van der Waals surface area contributed by atoms with Gasteiger partial charge in [0.25, 0.3) is 17.4 Å². The van der Waals surface area contributed by atoms with E-state index >= 15 is 0 Å². The van der Waals surface area contributed by atoms with Crippen LogP contribution in [0.5, 0.6) is 0 Å². The average Bonchev–Trinajstić information content (AvgIpc) is 2.89. The van der Waals surface area contributed by atoms with Crippen LogP contribution in [0.4, 0.5) is 0 Å². The molecule has 0 radical (unpaired) electrons. The van der Waals surface area contributed by atoms with E-state index in [0.717, 1.165) is 17.7 Å². The van der Waals surface area contributed by atoms with Crippen LogP contribution in [0.1, 0.15) is 52.2 Å². The van der Waals surface area contributed by atoms with Gasteiger partial charge >= 0.3 is 0 Å². The van der Waals surface area contributed by atoms with Crippen LogP contribution in [-0.2, 0) is 12.8 Å². The monoisotopic (exact) mass is 371 g/mol. The van der Waals surface area contributed by atoms with E-state index in [1.807, 2.05) is 13.8 Å². The summed E-state index contributed by atoms with van der Waals surface area (Å²) in [5.41, 5.74) is 2.43. The second-order valence-corrected chi connectivity index (χ2v) is 7.10. The molecule has 1 N–H and O–H groups in total. The van der Waals surface area contributed by atoms with E-state index in [0.29, 0.717) is 41.4 Å². The van der Waals surface area contributed by atoms with Crippen LogP contribution in [0.2, 0.25) is 0 Å². The standard InChI is InChI=1S/C19H21N3O3S/c1-3-12-15(4-2)20-19(21-16(12)23)26-11-7-10-22-17(24)13-8-5-6-9-14(13)18(22)25/h5-6,8-9H,3-4,7,10-11H2,1-2H3,(H,20,21,23). The highest BCUT2D eigenvalue weighted by Crippen LogP contribution is 2.23. The van der Waals surface area contributed by atoms with Gasteiger partial charge in [-0.1, -0.05) is 37.7 Å². The molecule has 136 valence electrons. The number of H-pyrrole nitrogens is 1. The number of fused-ring (bicyclic) bond motifs is 1. The Labute approximate surface area is 156 Å². The maximum Gasteiger partial charge on any atom is 0.261 e. The number of carbonyl (C=O) groups excluding carboxylic acids is 2. The molecule has 0 saturated heterocycles. The Morgan fingerprint density at radius 2 is 1.69 bits per heavy atom. The highest BCUT2D eigenvalue weighted by atomic mass is 32.2. The van der Waals surface area contributed by atoms with E-state index in [1.165, 1.54) is 16.7 Å². The number of hydrogen-bond donors (Lipinski definition) is 1. The zero-order valence-electron chi connectivity index (χ0n) is 14.9. The summed E-state index contributed by atoms with van der Waals surface area (Å²) in [5, 5.41) is 0.589. The third-order valence-corrected chi connectivity index (χ3v) is 5.37. The normalized spacial score (nSPS) is 13.4. The summed E-state index contributed by atoms with van der Waals surface area (Å²) in [7, 11) is 0. The third kappa shape index (κ3) is 3.44. The largest absolute Gasteiger partial charge is 0.301 e. The van der Waals surface area contributed by atoms with Gasteiger partial charge in [-0.25, -0.2) is 4.98 Å². The number of thioether (sulfide) groups is 1. The predicted octanol–water partition coefficient (Wildman–Crippen LogP) is 2.67. The van der Waals surface area contributed by atoms with E-state index < -0.39 is 0 Å². The van der Waals surface area contributed by atoms with Gasteiger partial charge in [0, 0.05) is 17.9 Å². The molecule has 1 aliphatic rings. The summed E-state index contributed by atoms with van der Waals surface area (Å²) >= 11 is 1.44. The fourth-order valence-corrected chi connectivity index (χ4v) is 3.89. The number of hydrogen-bond acceptors (Lipinski definition) is 5. The molecule has 0 bridgehead atoms. The minimum Gasteiger partial charge on any atom is -0.301 e. The highest BCUT2D eigenvalue weighted by molar-refractivity contribution is 7.99. The summed E-state index contributed by atoms with van der Waals surface area (Å²) in [5.74, 6) is 0.190. The maximum atomic E-state index is 12.3. The van der Waals surface area contributed by atoms with Gasteiger partial charge in [-0.05, 0) is 31.4 Å². The van der Waals surface area contributed by atoms with Crippen LogP contribution in [0.3, 0.4) is 0 Å². The van der Waals surface area contributed by atoms with Crippen LogP contribution >= 0.6 is 11.8 Å². The summed E-state index contributed by atoms with van der Waals surface area (Å²) in [6.07, 6.45) is 2.02. The quantitative estimate of drug-likeness (QED) is 0.350. The van der Waals surface area contributed by atoms with Gasteiger partial charge < -0.3 is 4.98 Å². The summed E-state index contributed by atoms with van der Waals surface area (Å²) in [6.45, 7) is 4.29. The van der Waals surface area contributed by atoms with Gasteiger partial charge in [-0.15, -0.1) is 0 Å². The number of aromatic amines is 1. The van der Waals surface area contributed by atoms with Crippen molar-refractivity contribution in [3.63, 3.8) is 0 Å². The first-order valence-corrected chi connectivity index (χ1v) is 9.75. The van der Waals surface area contributed by atoms with E-state index in [9.17, 15) is 14.4 Å². The molecule has 0 saturated carbocycles. The Bertz CT molecular complexity index is 872. The van der Waals surface area contributed by atoms with Crippen LogP contribution < -0.4 is 5.56 Å². The summed E-state index contributed by atoms with van der Waals surface area (Å²) in [4.78, 5) is 45.3. The molecule has 0 fully saturated rings. The molecule has 1 aromatic heterocycles. The first kappa shape index (κ1) is 18.4. The van der Waals surface area contributed by atoms with Crippen LogP contribution in [-0.4, -0.2) is 39.0 Å². The number of nitrogens with one attached hydrogen (secondary N) is 1. The maximum absolute atomic E-state index is 12.3. The van der Waals surface area contributed by atoms with Crippen LogP contribution in [0.25, 0.3) is 0 Å². The Morgan fingerprint density at radius 1 is 1.04 bits per heavy atom. The molecule has 2 aromatic rings. The van der Waals surface area contributed by atoms with Crippen molar-refractivity contribution in [3.05, 3.63) is 57.0 Å². The van der Waals surface area contributed by atoms with Gasteiger partial charge in [0.15, 0.2) is 5.16 Å². The molecular formula is C19H21N3O3S. The molecule has 26 heavy (non-hydrogen) atoms. The lowest BCUT2D eigenvalue weighted by Crippen LogP contribution is -2.31. The lowest BCUT2D eigenvalue weighted by molar-refractivity contribution is 0.0655. The number of imide groups is 1. The number of nitrogens with zero attached hydrogens (tertiary/aromatic N) is 2. The van der Waals surface area contributed by atoms with Gasteiger partial charge in [-0.3, -0.25) is 19.3 Å². The Morgan fingerprint density at radius 3 is 2.27 bits per heavy atom. The fraction of sp³-hybridized carbons (Fsp3) is 0.368. The second kappa shape index (κ2) is 7.86. The average molecular weight is 371 g/mol. The molecule has 1 aromatic carbocycles. The molecule has 3 rings (SSSR count). The van der Waals surface area contributed by atoms with Crippen molar-refractivity contribution in [3.8, 4) is 0 Å². The molecule has 0 atom stereocenters. The zero-order valence-corrected chi connectivity index (χ0v) is 15.7. The number of carbonyl (C=O) groups is 2. The minimum atomic E-state index is -0.234. The molecule has 0 aliphatic carbocycles. The Balaban J connectivity index is 1.59. The number of rotatable bonds is 7. The zero-order chi connectivity index (χ0) is 18.7.